The third-order valence-electron chi connectivity index (χ3n) is 2.32. The average molecular weight is 255 g/mol. The third kappa shape index (κ3) is 4.69. The van der Waals surface area contributed by atoms with Crippen LogP contribution in [0.1, 0.15) is 32.8 Å². The van der Waals surface area contributed by atoms with Crippen LogP contribution in [0.5, 0.6) is 5.75 Å². The Kier molecular flexibility index (Phi) is 4.46. The van der Waals surface area contributed by atoms with E-state index in [1.807, 2.05) is 0 Å². The van der Waals surface area contributed by atoms with Gasteiger partial charge in [0.2, 0.25) is 0 Å². The highest BCUT2D eigenvalue weighted by atomic mass is 32.1. The van der Waals surface area contributed by atoms with Crippen LogP contribution in [0.15, 0.2) is 18.2 Å². The van der Waals surface area contributed by atoms with Gasteiger partial charge in [0.25, 0.3) is 0 Å². The van der Waals surface area contributed by atoms with Crippen LogP contribution in [-0.2, 0) is 0 Å². The summed E-state index contributed by atoms with van der Waals surface area (Å²) < 4.78 is 18.6. The van der Waals surface area contributed by atoms with Crippen molar-refractivity contribution in [2.45, 2.75) is 27.2 Å². The van der Waals surface area contributed by atoms with Gasteiger partial charge in [-0.1, -0.05) is 33.0 Å². The highest BCUT2D eigenvalue weighted by Gasteiger charge is 2.12. The molecule has 0 saturated carbocycles. The molecule has 0 aliphatic rings. The lowest BCUT2D eigenvalue weighted by Crippen LogP contribution is -2.15. The normalized spacial score (nSPS) is 11.3. The average Bonchev–Trinajstić information content (AvgIpc) is 2.18. The van der Waals surface area contributed by atoms with Gasteiger partial charge in [-0.25, -0.2) is 4.39 Å². The number of halogens is 1. The number of ether oxygens (including phenoxy) is 1. The number of nitrogens with two attached hydrogens (primary N) is 1. The van der Waals surface area contributed by atoms with Crippen LogP contribution in [-0.4, -0.2) is 11.6 Å². The molecule has 17 heavy (non-hydrogen) atoms. The Morgan fingerprint density at radius 3 is 2.59 bits per heavy atom. The summed E-state index contributed by atoms with van der Waals surface area (Å²) >= 11 is 4.86. The standard InChI is InChI=1S/C13H18FNOS/c1-13(2,3)6-7-16-11-5-4-9(14)8-10(11)12(15)17/h4-5,8H,6-7H2,1-3H3,(H2,15,17). The summed E-state index contributed by atoms with van der Waals surface area (Å²) in [7, 11) is 0. The summed E-state index contributed by atoms with van der Waals surface area (Å²) in [5, 5.41) is 0. The van der Waals surface area contributed by atoms with Crippen LogP contribution < -0.4 is 10.5 Å². The molecule has 0 radical (unpaired) electrons. The summed E-state index contributed by atoms with van der Waals surface area (Å²) in [6.45, 7) is 6.96. The molecule has 0 atom stereocenters. The van der Waals surface area contributed by atoms with E-state index in [4.69, 9.17) is 22.7 Å². The molecule has 0 amide bonds. The van der Waals surface area contributed by atoms with Gasteiger partial charge in [-0.2, -0.15) is 0 Å². The Balaban J connectivity index is 2.74. The maximum Gasteiger partial charge on any atom is 0.129 e. The zero-order valence-electron chi connectivity index (χ0n) is 10.4. The number of benzene rings is 1. The molecule has 0 spiro atoms. The van der Waals surface area contributed by atoms with Gasteiger partial charge in [-0.15, -0.1) is 0 Å². The summed E-state index contributed by atoms with van der Waals surface area (Å²) in [6, 6.07) is 4.20. The van der Waals surface area contributed by atoms with Crippen LogP contribution in [0.25, 0.3) is 0 Å². The van der Waals surface area contributed by atoms with E-state index < -0.39 is 0 Å². The van der Waals surface area contributed by atoms with Crippen molar-refractivity contribution in [3.8, 4) is 5.75 Å². The topological polar surface area (TPSA) is 35.2 Å². The van der Waals surface area contributed by atoms with Crippen LogP contribution in [0.3, 0.4) is 0 Å². The molecule has 2 N–H and O–H groups in total. The van der Waals surface area contributed by atoms with E-state index >= 15 is 0 Å². The minimum atomic E-state index is -0.365. The molecule has 0 bridgehead atoms. The predicted molar refractivity (Wildman–Crippen MR) is 71.9 cm³/mol. The largest absolute Gasteiger partial charge is 0.493 e. The molecule has 1 rings (SSSR count). The predicted octanol–water partition coefficient (Wildman–Crippen LogP) is 3.27. The molecule has 4 heteroatoms. The third-order valence-corrected chi connectivity index (χ3v) is 2.54. The van der Waals surface area contributed by atoms with E-state index in [-0.39, 0.29) is 16.2 Å². The second-order valence-electron chi connectivity index (χ2n) is 5.16. The van der Waals surface area contributed by atoms with Gasteiger partial charge in [-0.3, -0.25) is 0 Å². The Hall–Kier alpha value is -1.16. The minimum Gasteiger partial charge on any atom is -0.493 e. The summed E-state index contributed by atoms with van der Waals surface area (Å²) in [5.41, 5.74) is 6.18. The second kappa shape index (κ2) is 5.45. The molecule has 1 aromatic carbocycles. The molecule has 0 aliphatic carbocycles. The first-order valence-electron chi connectivity index (χ1n) is 5.52. The molecule has 0 heterocycles. The van der Waals surface area contributed by atoms with Crippen LogP contribution >= 0.6 is 12.2 Å². The van der Waals surface area contributed by atoms with Crippen molar-refractivity contribution in [2.24, 2.45) is 11.1 Å². The first kappa shape index (κ1) is 13.9. The summed E-state index contributed by atoms with van der Waals surface area (Å²) in [4.78, 5) is 0.148. The quantitative estimate of drug-likeness (QED) is 0.839. The van der Waals surface area contributed by atoms with Gasteiger partial charge in [-0.05, 0) is 30.0 Å². The van der Waals surface area contributed by atoms with E-state index in [1.165, 1.54) is 12.1 Å². The van der Waals surface area contributed by atoms with Crippen molar-refractivity contribution in [1.29, 1.82) is 0 Å². The van der Waals surface area contributed by atoms with Gasteiger partial charge >= 0.3 is 0 Å². The Labute approximate surface area is 107 Å². The van der Waals surface area contributed by atoms with Crippen LogP contribution in [0, 0.1) is 11.2 Å². The summed E-state index contributed by atoms with van der Waals surface area (Å²) in [6.07, 6.45) is 0.904. The summed E-state index contributed by atoms with van der Waals surface area (Å²) in [5.74, 6) is 0.180. The van der Waals surface area contributed by atoms with E-state index in [0.29, 0.717) is 17.9 Å². The van der Waals surface area contributed by atoms with Crippen molar-refractivity contribution in [1.82, 2.24) is 0 Å². The molecular formula is C13H18FNOS. The minimum absolute atomic E-state index is 0.148. The van der Waals surface area contributed by atoms with Crippen LogP contribution in [0.4, 0.5) is 4.39 Å². The molecule has 2 nitrogen and oxygen atoms in total. The monoisotopic (exact) mass is 255 g/mol. The number of thiocarbonyl (C=S) groups is 1. The highest BCUT2D eigenvalue weighted by Crippen LogP contribution is 2.22. The Bertz CT molecular complexity index is 412. The Morgan fingerprint density at radius 1 is 1.41 bits per heavy atom. The SMILES string of the molecule is CC(C)(C)CCOc1ccc(F)cc1C(N)=S. The van der Waals surface area contributed by atoms with E-state index in [0.717, 1.165) is 6.42 Å². The maximum atomic E-state index is 13.0. The lowest BCUT2D eigenvalue weighted by molar-refractivity contribution is 0.242. The van der Waals surface area contributed by atoms with E-state index in [2.05, 4.69) is 20.8 Å². The van der Waals surface area contributed by atoms with Crippen LogP contribution in [0.2, 0.25) is 0 Å². The van der Waals surface area contributed by atoms with Gasteiger partial charge in [0, 0.05) is 0 Å². The zero-order chi connectivity index (χ0) is 13.1. The molecule has 0 unspecified atom stereocenters. The van der Waals surface area contributed by atoms with Gasteiger partial charge in [0.15, 0.2) is 0 Å². The smallest absolute Gasteiger partial charge is 0.129 e. The van der Waals surface area contributed by atoms with Crippen molar-refractivity contribution in [3.05, 3.63) is 29.6 Å². The lowest BCUT2D eigenvalue weighted by atomic mass is 9.93. The molecule has 0 aliphatic heterocycles. The molecule has 1 aromatic rings. The van der Waals surface area contributed by atoms with Crippen molar-refractivity contribution in [3.63, 3.8) is 0 Å². The first-order valence-corrected chi connectivity index (χ1v) is 5.92. The fraction of sp³-hybridized carbons (Fsp3) is 0.462. The fourth-order valence-electron chi connectivity index (χ4n) is 1.29. The molecule has 94 valence electrons. The fourth-order valence-corrected chi connectivity index (χ4v) is 1.45. The molecule has 0 fully saturated rings. The molecule has 0 saturated heterocycles. The zero-order valence-corrected chi connectivity index (χ0v) is 11.2. The van der Waals surface area contributed by atoms with Crippen molar-refractivity contribution < 1.29 is 9.13 Å². The molecular weight excluding hydrogens is 237 g/mol. The van der Waals surface area contributed by atoms with Crippen molar-refractivity contribution in [2.75, 3.05) is 6.61 Å². The van der Waals surface area contributed by atoms with Gasteiger partial charge in [0.1, 0.15) is 16.6 Å². The molecule has 0 aromatic heterocycles. The van der Waals surface area contributed by atoms with E-state index in [9.17, 15) is 4.39 Å². The van der Waals surface area contributed by atoms with E-state index in [1.54, 1.807) is 6.07 Å². The van der Waals surface area contributed by atoms with Gasteiger partial charge < -0.3 is 10.5 Å². The highest BCUT2D eigenvalue weighted by molar-refractivity contribution is 7.80. The lowest BCUT2D eigenvalue weighted by Gasteiger charge is -2.19. The Morgan fingerprint density at radius 2 is 2.06 bits per heavy atom. The second-order valence-corrected chi connectivity index (χ2v) is 5.60. The first-order chi connectivity index (χ1) is 7.79. The number of hydrogen-bond acceptors (Lipinski definition) is 2. The van der Waals surface area contributed by atoms with Crippen molar-refractivity contribution >= 4 is 17.2 Å². The van der Waals surface area contributed by atoms with Gasteiger partial charge in [0.05, 0.1) is 12.2 Å². The number of rotatable bonds is 4. The maximum absolute atomic E-state index is 13.0. The number of hydrogen-bond donors (Lipinski definition) is 1.